The van der Waals surface area contributed by atoms with Gasteiger partial charge in [0.2, 0.25) is 0 Å². The van der Waals surface area contributed by atoms with Crippen molar-refractivity contribution < 1.29 is 14.8 Å². The smallest absolute Gasteiger partial charge is 0.270 e. The third-order valence-electron chi connectivity index (χ3n) is 2.78. The number of aliphatic hydroxyl groups is 1. The quantitative estimate of drug-likeness (QED) is 0.677. The fourth-order valence-corrected chi connectivity index (χ4v) is 2.22. The molecule has 0 amide bonds. The van der Waals surface area contributed by atoms with E-state index in [1.54, 1.807) is 6.07 Å². The molecule has 0 fully saturated rings. The lowest BCUT2D eigenvalue weighted by Gasteiger charge is -2.12. The Labute approximate surface area is 124 Å². The molecular formula is C14H12BrNO4. The zero-order valence-electron chi connectivity index (χ0n) is 10.7. The van der Waals surface area contributed by atoms with Crippen LogP contribution in [-0.4, -0.2) is 10.0 Å². The summed E-state index contributed by atoms with van der Waals surface area (Å²) in [5.41, 5.74) is 1.22. The SMILES string of the molecule is Cc1cc(Br)ccc1Oc1ccc([N+](=O)[O-])cc1CO. The number of benzene rings is 2. The van der Waals surface area contributed by atoms with Crippen LogP contribution in [0.4, 0.5) is 5.69 Å². The van der Waals surface area contributed by atoms with Crippen LogP contribution in [0.2, 0.25) is 0 Å². The minimum absolute atomic E-state index is 0.0751. The van der Waals surface area contributed by atoms with Crippen molar-refractivity contribution in [2.75, 3.05) is 0 Å². The largest absolute Gasteiger partial charge is 0.457 e. The molecule has 0 radical (unpaired) electrons. The second kappa shape index (κ2) is 6.02. The van der Waals surface area contributed by atoms with Crippen molar-refractivity contribution in [3.63, 3.8) is 0 Å². The number of aryl methyl sites for hydroxylation is 1. The molecule has 0 aliphatic heterocycles. The Kier molecular flexibility index (Phi) is 4.36. The molecule has 0 saturated heterocycles. The molecule has 2 aromatic carbocycles. The van der Waals surface area contributed by atoms with Crippen LogP contribution >= 0.6 is 15.9 Å². The van der Waals surface area contributed by atoms with Gasteiger partial charge in [-0.15, -0.1) is 0 Å². The predicted molar refractivity (Wildman–Crippen MR) is 78.0 cm³/mol. The molecule has 6 heteroatoms. The number of nitrogens with zero attached hydrogens (tertiary/aromatic N) is 1. The van der Waals surface area contributed by atoms with Crippen LogP contribution in [-0.2, 0) is 6.61 Å². The van der Waals surface area contributed by atoms with Gasteiger partial charge < -0.3 is 9.84 Å². The fourth-order valence-electron chi connectivity index (χ4n) is 1.75. The number of hydrogen-bond donors (Lipinski definition) is 1. The van der Waals surface area contributed by atoms with Crippen LogP contribution < -0.4 is 4.74 Å². The minimum atomic E-state index is -0.506. The van der Waals surface area contributed by atoms with Crippen molar-refractivity contribution >= 4 is 21.6 Å². The van der Waals surface area contributed by atoms with Gasteiger partial charge in [-0.2, -0.15) is 0 Å². The summed E-state index contributed by atoms with van der Waals surface area (Å²) in [5, 5.41) is 20.0. The van der Waals surface area contributed by atoms with Gasteiger partial charge in [0, 0.05) is 22.2 Å². The summed E-state index contributed by atoms with van der Waals surface area (Å²) in [6, 6.07) is 9.69. The molecule has 0 aliphatic rings. The van der Waals surface area contributed by atoms with Crippen LogP contribution in [0.3, 0.4) is 0 Å². The highest BCUT2D eigenvalue weighted by Gasteiger charge is 2.12. The molecule has 5 nitrogen and oxygen atoms in total. The Morgan fingerprint density at radius 1 is 1.25 bits per heavy atom. The molecule has 0 bridgehead atoms. The lowest BCUT2D eigenvalue weighted by atomic mass is 10.2. The highest BCUT2D eigenvalue weighted by Crippen LogP contribution is 2.31. The Balaban J connectivity index is 2.35. The molecule has 104 valence electrons. The second-order valence-electron chi connectivity index (χ2n) is 4.22. The first-order chi connectivity index (χ1) is 9.51. The van der Waals surface area contributed by atoms with Crippen LogP contribution in [0, 0.1) is 17.0 Å². The highest BCUT2D eigenvalue weighted by molar-refractivity contribution is 9.10. The molecular weight excluding hydrogens is 326 g/mol. The number of rotatable bonds is 4. The second-order valence-corrected chi connectivity index (χ2v) is 5.13. The maximum atomic E-state index is 10.7. The summed E-state index contributed by atoms with van der Waals surface area (Å²) in [7, 11) is 0. The molecule has 0 aliphatic carbocycles. The summed E-state index contributed by atoms with van der Waals surface area (Å²) in [4.78, 5) is 10.2. The standard InChI is InChI=1S/C14H12BrNO4/c1-9-6-11(15)2-4-13(9)20-14-5-3-12(16(18)19)7-10(14)8-17/h2-7,17H,8H2,1H3. The van der Waals surface area contributed by atoms with Gasteiger partial charge in [-0.05, 0) is 36.8 Å². The minimum Gasteiger partial charge on any atom is -0.457 e. The Morgan fingerprint density at radius 2 is 1.95 bits per heavy atom. The van der Waals surface area contributed by atoms with E-state index in [2.05, 4.69) is 15.9 Å². The molecule has 0 spiro atoms. The molecule has 1 N–H and O–H groups in total. The summed E-state index contributed by atoms with van der Waals surface area (Å²) >= 11 is 3.36. The first-order valence-corrected chi connectivity index (χ1v) is 6.62. The molecule has 20 heavy (non-hydrogen) atoms. The van der Waals surface area contributed by atoms with E-state index in [1.807, 2.05) is 19.1 Å². The summed E-state index contributed by atoms with van der Waals surface area (Å²) in [6.45, 7) is 1.57. The van der Waals surface area contributed by atoms with E-state index in [0.29, 0.717) is 17.1 Å². The van der Waals surface area contributed by atoms with Crippen LogP contribution in [0.5, 0.6) is 11.5 Å². The van der Waals surface area contributed by atoms with E-state index in [-0.39, 0.29) is 12.3 Å². The molecule has 0 aromatic heterocycles. The van der Waals surface area contributed by atoms with Gasteiger partial charge in [0.1, 0.15) is 11.5 Å². The topological polar surface area (TPSA) is 72.6 Å². The average molecular weight is 338 g/mol. The van der Waals surface area contributed by atoms with Crippen LogP contribution in [0.25, 0.3) is 0 Å². The summed E-state index contributed by atoms with van der Waals surface area (Å²) in [6.07, 6.45) is 0. The van der Waals surface area contributed by atoms with Gasteiger partial charge >= 0.3 is 0 Å². The van der Waals surface area contributed by atoms with Gasteiger partial charge in [-0.25, -0.2) is 0 Å². The van der Waals surface area contributed by atoms with Crippen LogP contribution in [0.1, 0.15) is 11.1 Å². The molecule has 2 aromatic rings. The van der Waals surface area contributed by atoms with Crippen molar-refractivity contribution in [2.45, 2.75) is 13.5 Å². The number of non-ortho nitro benzene ring substituents is 1. The van der Waals surface area contributed by atoms with E-state index in [0.717, 1.165) is 10.0 Å². The van der Waals surface area contributed by atoms with Crippen molar-refractivity contribution in [2.24, 2.45) is 0 Å². The van der Waals surface area contributed by atoms with E-state index in [1.165, 1.54) is 18.2 Å². The number of hydrogen-bond acceptors (Lipinski definition) is 4. The van der Waals surface area contributed by atoms with Crippen LogP contribution in [0.15, 0.2) is 40.9 Å². The Hall–Kier alpha value is -1.92. The molecule has 0 saturated carbocycles. The Bertz CT molecular complexity index is 658. The van der Waals surface area contributed by atoms with E-state index in [4.69, 9.17) is 4.74 Å². The van der Waals surface area contributed by atoms with Gasteiger partial charge in [0.05, 0.1) is 11.5 Å². The Morgan fingerprint density at radius 3 is 2.55 bits per heavy atom. The van der Waals surface area contributed by atoms with Crippen molar-refractivity contribution in [1.82, 2.24) is 0 Å². The van der Waals surface area contributed by atoms with E-state index < -0.39 is 4.92 Å². The zero-order chi connectivity index (χ0) is 14.7. The lowest BCUT2D eigenvalue weighted by molar-refractivity contribution is -0.385. The maximum absolute atomic E-state index is 10.7. The van der Waals surface area contributed by atoms with Gasteiger partial charge in [0.15, 0.2) is 0 Å². The van der Waals surface area contributed by atoms with Crippen molar-refractivity contribution in [1.29, 1.82) is 0 Å². The third-order valence-corrected chi connectivity index (χ3v) is 3.28. The van der Waals surface area contributed by atoms with Gasteiger partial charge in [-0.3, -0.25) is 10.1 Å². The summed E-state index contributed by atoms with van der Waals surface area (Å²) in [5.74, 6) is 1.04. The van der Waals surface area contributed by atoms with Crippen molar-refractivity contribution in [3.8, 4) is 11.5 Å². The van der Waals surface area contributed by atoms with Gasteiger partial charge in [-0.1, -0.05) is 15.9 Å². The average Bonchev–Trinajstić information content (AvgIpc) is 2.42. The number of ether oxygens (including phenoxy) is 1. The monoisotopic (exact) mass is 337 g/mol. The number of nitro benzene ring substituents is 1. The first-order valence-electron chi connectivity index (χ1n) is 5.83. The fraction of sp³-hybridized carbons (Fsp3) is 0.143. The zero-order valence-corrected chi connectivity index (χ0v) is 12.3. The molecule has 0 unspecified atom stereocenters. The summed E-state index contributed by atoms with van der Waals surface area (Å²) < 4.78 is 6.66. The predicted octanol–water partition coefficient (Wildman–Crippen LogP) is 3.95. The van der Waals surface area contributed by atoms with Gasteiger partial charge in [0.25, 0.3) is 5.69 Å². The first kappa shape index (κ1) is 14.5. The molecule has 2 rings (SSSR count). The lowest BCUT2D eigenvalue weighted by Crippen LogP contribution is -1.96. The number of halogens is 1. The highest BCUT2D eigenvalue weighted by atomic mass is 79.9. The third kappa shape index (κ3) is 3.15. The number of nitro groups is 1. The number of aliphatic hydroxyl groups excluding tert-OH is 1. The maximum Gasteiger partial charge on any atom is 0.270 e. The van der Waals surface area contributed by atoms with E-state index in [9.17, 15) is 15.2 Å². The van der Waals surface area contributed by atoms with Crippen molar-refractivity contribution in [3.05, 3.63) is 62.1 Å². The molecule has 0 atom stereocenters. The molecule has 0 heterocycles. The normalized spacial score (nSPS) is 10.3. The van der Waals surface area contributed by atoms with E-state index >= 15 is 0 Å².